The Hall–Kier alpha value is -1.35. The number of ether oxygens (including phenoxy) is 1. The Morgan fingerprint density at radius 1 is 1.35 bits per heavy atom. The lowest BCUT2D eigenvalue weighted by molar-refractivity contribution is -0.122. The van der Waals surface area contributed by atoms with Gasteiger partial charge in [-0.05, 0) is 30.5 Å². The van der Waals surface area contributed by atoms with Gasteiger partial charge in [0, 0.05) is 18.9 Å². The zero-order valence-electron chi connectivity index (χ0n) is 10.6. The molecule has 0 fully saturated rings. The first-order valence-corrected chi connectivity index (χ1v) is 6.07. The molecule has 0 spiro atoms. The number of methoxy groups -OCH3 is 1. The Kier molecular flexibility index (Phi) is 5.70. The first-order chi connectivity index (χ1) is 8.21. The number of benzene rings is 1. The van der Waals surface area contributed by atoms with E-state index < -0.39 is 0 Å². The van der Waals surface area contributed by atoms with Crippen molar-refractivity contribution in [3.63, 3.8) is 0 Å². The lowest BCUT2D eigenvalue weighted by atomic mass is 9.96. The Morgan fingerprint density at radius 2 is 2.00 bits per heavy atom. The zero-order chi connectivity index (χ0) is 12.7. The van der Waals surface area contributed by atoms with E-state index in [2.05, 4.69) is 0 Å². The van der Waals surface area contributed by atoms with Gasteiger partial charge in [0.2, 0.25) is 0 Å². The third-order valence-electron chi connectivity index (χ3n) is 3.05. The Bertz CT molecular complexity index is 342. The average Bonchev–Trinajstić information content (AvgIpc) is 2.38. The highest BCUT2D eigenvalue weighted by atomic mass is 16.5. The van der Waals surface area contributed by atoms with Gasteiger partial charge in [-0.3, -0.25) is 4.79 Å². The van der Waals surface area contributed by atoms with Gasteiger partial charge in [-0.15, -0.1) is 0 Å². The van der Waals surface area contributed by atoms with Crippen LogP contribution in [0.4, 0.5) is 0 Å². The van der Waals surface area contributed by atoms with E-state index in [-0.39, 0.29) is 11.7 Å². The second-order valence-corrected chi connectivity index (χ2v) is 4.16. The van der Waals surface area contributed by atoms with Crippen molar-refractivity contribution in [1.82, 2.24) is 0 Å². The number of hydrogen-bond acceptors (Lipinski definition) is 3. The lowest BCUT2D eigenvalue weighted by Crippen LogP contribution is -2.23. The van der Waals surface area contributed by atoms with E-state index in [1.54, 1.807) is 7.11 Å². The highest BCUT2D eigenvalue weighted by Crippen LogP contribution is 2.14. The Morgan fingerprint density at radius 3 is 2.47 bits per heavy atom. The monoisotopic (exact) mass is 235 g/mol. The van der Waals surface area contributed by atoms with Gasteiger partial charge in [0.05, 0.1) is 7.11 Å². The normalized spacial score (nSPS) is 12.2. The van der Waals surface area contributed by atoms with Crippen molar-refractivity contribution in [1.29, 1.82) is 0 Å². The van der Waals surface area contributed by atoms with Gasteiger partial charge in [-0.2, -0.15) is 0 Å². The highest BCUT2D eigenvalue weighted by molar-refractivity contribution is 5.81. The second kappa shape index (κ2) is 7.07. The summed E-state index contributed by atoms with van der Waals surface area (Å²) in [4.78, 5) is 11.8. The van der Waals surface area contributed by atoms with E-state index in [0.29, 0.717) is 13.0 Å². The van der Waals surface area contributed by atoms with Crippen LogP contribution in [-0.4, -0.2) is 19.4 Å². The zero-order valence-corrected chi connectivity index (χ0v) is 10.6. The number of aryl methyl sites for hydroxylation is 1. The van der Waals surface area contributed by atoms with Crippen molar-refractivity contribution in [3.8, 4) is 5.75 Å². The van der Waals surface area contributed by atoms with Crippen molar-refractivity contribution < 1.29 is 9.53 Å². The second-order valence-electron chi connectivity index (χ2n) is 4.16. The average molecular weight is 235 g/mol. The van der Waals surface area contributed by atoms with Crippen molar-refractivity contribution >= 4 is 5.78 Å². The van der Waals surface area contributed by atoms with Crippen molar-refractivity contribution in [2.45, 2.75) is 26.2 Å². The van der Waals surface area contributed by atoms with Gasteiger partial charge >= 0.3 is 0 Å². The summed E-state index contributed by atoms with van der Waals surface area (Å²) in [6.07, 6.45) is 2.18. The van der Waals surface area contributed by atoms with Crippen LogP contribution in [0.2, 0.25) is 0 Å². The van der Waals surface area contributed by atoms with Crippen LogP contribution in [0.3, 0.4) is 0 Å². The maximum atomic E-state index is 11.8. The van der Waals surface area contributed by atoms with Crippen molar-refractivity contribution in [2.75, 3.05) is 13.7 Å². The van der Waals surface area contributed by atoms with E-state index in [1.165, 1.54) is 0 Å². The maximum absolute atomic E-state index is 11.8. The summed E-state index contributed by atoms with van der Waals surface area (Å²) in [7, 11) is 1.64. The molecule has 1 aromatic rings. The molecule has 1 aromatic carbocycles. The summed E-state index contributed by atoms with van der Waals surface area (Å²) in [5, 5.41) is 0. The smallest absolute Gasteiger partial charge is 0.137 e. The fraction of sp³-hybridized carbons (Fsp3) is 0.500. The summed E-state index contributed by atoms with van der Waals surface area (Å²) in [6, 6.07) is 7.82. The summed E-state index contributed by atoms with van der Waals surface area (Å²) < 4.78 is 5.08. The summed E-state index contributed by atoms with van der Waals surface area (Å²) in [5.74, 6) is 1.13. The number of hydrogen-bond donors (Lipinski definition) is 1. The molecule has 2 N–H and O–H groups in total. The molecular formula is C14H21NO2. The number of ketones is 1. The molecule has 1 rings (SSSR count). The molecule has 0 bridgehead atoms. The van der Waals surface area contributed by atoms with Gasteiger partial charge in [-0.1, -0.05) is 19.1 Å². The number of carbonyl (C=O) groups excluding carboxylic acids is 1. The lowest BCUT2D eigenvalue weighted by Gasteiger charge is -2.10. The van der Waals surface area contributed by atoms with Gasteiger partial charge in [0.15, 0.2) is 0 Å². The fourth-order valence-corrected chi connectivity index (χ4v) is 1.79. The SMILES string of the molecule is CCC(CN)C(=O)CCc1ccc(OC)cc1. The molecule has 0 aliphatic heterocycles. The van der Waals surface area contributed by atoms with Crippen molar-refractivity contribution in [2.24, 2.45) is 11.7 Å². The summed E-state index contributed by atoms with van der Waals surface area (Å²) >= 11 is 0. The molecule has 1 unspecified atom stereocenters. The van der Waals surface area contributed by atoms with Crippen LogP contribution in [0.5, 0.6) is 5.75 Å². The molecule has 0 heterocycles. The predicted molar refractivity (Wildman–Crippen MR) is 69.2 cm³/mol. The maximum Gasteiger partial charge on any atom is 0.137 e. The molecule has 0 aliphatic rings. The van der Waals surface area contributed by atoms with E-state index in [9.17, 15) is 4.79 Å². The van der Waals surface area contributed by atoms with Gasteiger partial charge in [-0.25, -0.2) is 0 Å². The minimum absolute atomic E-state index is 0.0215. The largest absolute Gasteiger partial charge is 0.497 e. The molecule has 0 aliphatic carbocycles. The number of rotatable bonds is 7. The molecule has 0 saturated heterocycles. The third-order valence-corrected chi connectivity index (χ3v) is 3.05. The summed E-state index contributed by atoms with van der Waals surface area (Å²) in [6.45, 7) is 2.46. The number of carbonyl (C=O) groups is 1. The van der Waals surface area contributed by atoms with Crippen LogP contribution in [0.1, 0.15) is 25.3 Å². The summed E-state index contributed by atoms with van der Waals surface area (Å²) in [5.41, 5.74) is 6.71. The van der Waals surface area contributed by atoms with Crippen LogP contribution in [0, 0.1) is 5.92 Å². The number of nitrogens with two attached hydrogens (primary N) is 1. The minimum atomic E-state index is 0.0215. The first-order valence-electron chi connectivity index (χ1n) is 6.07. The molecule has 3 heteroatoms. The molecule has 17 heavy (non-hydrogen) atoms. The molecule has 0 aromatic heterocycles. The Labute approximate surface area is 103 Å². The van der Waals surface area contributed by atoms with Crippen LogP contribution in [0.15, 0.2) is 24.3 Å². The molecule has 94 valence electrons. The fourth-order valence-electron chi connectivity index (χ4n) is 1.79. The van der Waals surface area contributed by atoms with Crippen LogP contribution < -0.4 is 10.5 Å². The van der Waals surface area contributed by atoms with E-state index in [0.717, 1.165) is 24.2 Å². The molecular weight excluding hydrogens is 214 g/mol. The van der Waals surface area contributed by atoms with Gasteiger partial charge < -0.3 is 10.5 Å². The van der Waals surface area contributed by atoms with Gasteiger partial charge in [0.25, 0.3) is 0 Å². The molecule has 1 atom stereocenters. The van der Waals surface area contributed by atoms with Crippen LogP contribution in [0.25, 0.3) is 0 Å². The molecule has 0 amide bonds. The van der Waals surface area contributed by atoms with E-state index in [1.807, 2.05) is 31.2 Å². The third kappa shape index (κ3) is 4.19. The van der Waals surface area contributed by atoms with Crippen molar-refractivity contribution in [3.05, 3.63) is 29.8 Å². The standard InChI is InChI=1S/C14H21NO2/c1-3-12(10-15)14(16)9-6-11-4-7-13(17-2)8-5-11/h4-5,7-8,12H,3,6,9-10,15H2,1-2H3. The minimum Gasteiger partial charge on any atom is -0.497 e. The van der Waals surface area contributed by atoms with Crippen LogP contribution in [-0.2, 0) is 11.2 Å². The number of Topliss-reactive ketones (excluding diaryl/α,β-unsaturated/α-hetero) is 1. The molecule has 0 saturated carbocycles. The predicted octanol–water partition coefficient (Wildman–Crippen LogP) is 2.18. The highest BCUT2D eigenvalue weighted by Gasteiger charge is 2.13. The van der Waals surface area contributed by atoms with Crippen LogP contribution >= 0.6 is 0 Å². The van der Waals surface area contributed by atoms with E-state index in [4.69, 9.17) is 10.5 Å². The molecule has 3 nitrogen and oxygen atoms in total. The van der Waals surface area contributed by atoms with Gasteiger partial charge in [0.1, 0.15) is 11.5 Å². The van der Waals surface area contributed by atoms with E-state index >= 15 is 0 Å². The quantitative estimate of drug-likeness (QED) is 0.788. The first kappa shape index (κ1) is 13.7. The molecule has 0 radical (unpaired) electrons. The Balaban J connectivity index is 2.46. The topological polar surface area (TPSA) is 52.3 Å².